The van der Waals surface area contributed by atoms with Crippen molar-refractivity contribution in [3.8, 4) is 21.8 Å². The Labute approximate surface area is 240 Å². The maximum absolute atomic E-state index is 13.4. The van der Waals surface area contributed by atoms with Gasteiger partial charge >= 0.3 is 0 Å². The Bertz CT molecular complexity index is 1740. The maximum atomic E-state index is 13.4. The molecule has 2 heterocycles. The highest BCUT2D eigenvalue weighted by molar-refractivity contribution is 7.95. The fourth-order valence-corrected chi connectivity index (χ4v) is 9.20. The van der Waals surface area contributed by atoms with Crippen LogP contribution in [0, 0.1) is 0 Å². The minimum atomic E-state index is -2.09. The largest absolute Gasteiger partial charge is 1.00 e. The first kappa shape index (κ1) is 26.5. The van der Waals surface area contributed by atoms with Crippen LogP contribution in [-0.2, 0) is 0 Å². The highest BCUT2D eigenvalue weighted by Gasteiger charge is 2.42. The summed E-state index contributed by atoms with van der Waals surface area (Å²) >= 11 is 8.14. The van der Waals surface area contributed by atoms with E-state index in [9.17, 15) is 4.79 Å². The van der Waals surface area contributed by atoms with Crippen LogP contribution in [-0.4, -0.2) is 21.3 Å². The van der Waals surface area contributed by atoms with Crippen LogP contribution < -0.4 is 38.5 Å². The van der Waals surface area contributed by atoms with Crippen molar-refractivity contribution in [2.45, 2.75) is 0 Å². The van der Waals surface area contributed by atoms with E-state index in [1.165, 1.54) is 26.5 Å². The van der Waals surface area contributed by atoms with Crippen LogP contribution in [0.1, 0.15) is 0 Å². The third kappa shape index (κ3) is 4.52. The molecule has 4 aromatic carbocycles. The topological polar surface area (TPSA) is 47.3 Å². The number of rotatable bonds is 5. The van der Waals surface area contributed by atoms with Crippen molar-refractivity contribution in [2.24, 2.45) is 0 Å². The number of aromatic nitrogens is 3. The highest BCUT2D eigenvalue weighted by Crippen LogP contribution is 2.53. The summed E-state index contributed by atoms with van der Waals surface area (Å²) < 4.78 is 1.31. The molecule has 0 radical (unpaired) electrons. The van der Waals surface area contributed by atoms with Gasteiger partial charge in [0, 0.05) is 11.1 Å². The molecule has 0 amide bonds. The SMILES string of the molecule is C[P+](c1ccccc1)(c1ccccc1)c1ccccc1-c1nc2sc(-c3ccccc3)nn2c(=O)c1Cl.[Br-]. The molecule has 6 aromatic rings. The quantitative estimate of drug-likeness (QED) is 0.279. The predicted octanol–water partition coefficient (Wildman–Crippen LogP) is 3.07. The molecule has 0 aliphatic carbocycles. The summed E-state index contributed by atoms with van der Waals surface area (Å²) in [6.45, 7) is 2.32. The Balaban J connectivity index is 0.00000294. The highest BCUT2D eigenvalue weighted by atomic mass is 79.9. The number of nitrogens with zero attached hydrogens (tertiary/aromatic N) is 3. The zero-order valence-corrected chi connectivity index (χ0v) is 24.4. The van der Waals surface area contributed by atoms with Gasteiger partial charge in [0.05, 0.1) is 6.66 Å². The average molecular weight is 619 g/mol. The van der Waals surface area contributed by atoms with Crippen molar-refractivity contribution >= 4 is 51.1 Å². The van der Waals surface area contributed by atoms with Gasteiger partial charge in [-0.1, -0.05) is 102 Å². The molecule has 0 atom stereocenters. The predicted molar refractivity (Wildman–Crippen MR) is 158 cm³/mol. The molecule has 188 valence electrons. The second kappa shape index (κ2) is 10.9. The van der Waals surface area contributed by atoms with Crippen molar-refractivity contribution < 1.29 is 17.0 Å². The van der Waals surface area contributed by atoms with Crippen LogP contribution in [0.15, 0.2) is 120 Å². The molecule has 0 fully saturated rings. The summed E-state index contributed by atoms with van der Waals surface area (Å²) in [6.07, 6.45) is 0. The van der Waals surface area contributed by atoms with E-state index in [4.69, 9.17) is 16.6 Å². The first-order chi connectivity index (χ1) is 18.1. The molecular formula is C30H22BrClN3OPS. The summed E-state index contributed by atoms with van der Waals surface area (Å²) in [5.74, 6) is 0. The van der Waals surface area contributed by atoms with Crippen molar-refractivity contribution in [3.05, 3.63) is 131 Å². The number of fused-ring (bicyclic) bond motifs is 1. The third-order valence-electron chi connectivity index (χ3n) is 6.56. The third-order valence-corrected chi connectivity index (χ3v) is 11.9. The number of hydrogen-bond donors (Lipinski definition) is 0. The Hall–Kier alpha value is -3.15. The average Bonchev–Trinajstić information content (AvgIpc) is 3.41. The van der Waals surface area contributed by atoms with Crippen LogP contribution in [0.3, 0.4) is 0 Å². The van der Waals surface area contributed by atoms with Gasteiger partial charge in [0.1, 0.15) is 38.9 Å². The van der Waals surface area contributed by atoms with Crippen LogP contribution >= 0.6 is 30.2 Å². The van der Waals surface area contributed by atoms with E-state index in [1.807, 2.05) is 60.7 Å². The summed E-state index contributed by atoms with van der Waals surface area (Å²) in [6, 6.07) is 39.1. The number of benzene rings is 4. The summed E-state index contributed by atoms with van der Waals surface area (Å²) in [7, 11) is -2.09. The van der Waals surface area contributed by atoms with E-state index < -0.39 is 7.26 Å². The Kier molecular flexibility index (Phi) is 7.60. The summed E-state index contributed by atoms with van der Waals surface area (Å²) in [5, 5.41) is 8.93. The van der Waals surface area contributed by atoms with Crippen LogP contribution in [0.2, 0.25) is 5.02 Å². The Morgan fingerprint density at radius 2 is 1.29 bits per heavy atom. The zero-order chi connectivity index (χ0) is 25.4. The molecule has 8 heteroatoms. The lowest BCUT2D eigenvalue weighted by Gasteiger charge is -2.25. The molecule has 4 nitrogen and oxygen atoms in total. The zero-order valence-electron chi connectivity index (χ0n) is 20.3. The van der Waals surface area contributed by atoms with Gasteiger partial charge in [0.25, 0.3) is 5.56 Å². The van der Waals surface area contributed by atoms with E-state index in [2.05, 4.69) is 66.4 Å². The van der Waals surface area contributed by atoms with Gasteiger partial charge in [-0.05, 0) is 36.4 Å². The van der Waals surface area contributed by atoms with E-state index >= 15 is 0 Å². The second-order valence-corrected chi connectivity index (χ2v) is 13.6. The first-order valence-corrected chi connectivity index (χ1v) is 15.2. The fraction of sp³-hybridized carbons (Fsp3) is 0.0333. The smallest absolute Gasteiger partial charge is 0.294 e. The van der Waals surface area contributed by atoms with Gasteiger partial charge in [-0.3, -0.25) is 4.79 Å². The van der Waals surface area contributed by atoms with Gasteiger partial charge in [0.2, 0.25) is 4.96 Å². The molecular weight excluding hydrogens is 597 g/mol. The molecule has 6 rings (SSSR count). The lowest BCUT2D eigenvalue weighted by atomic mass is 10.1. The van der Waals surface area contributed by atoms with Gasteiger partial charge in [0.15, 0.2) is 0 Å². The van der Waals surface area contributed by atoms with Crippen LogP contribution in [0.5, 0.6) is 0 Å². The van der Waals surface area contributed by atoms with Gasteiger partial charge in [-0.2, -0.15) is 9.61 Å². The molecule has 0 spiro atoms. The van der Waals surface area contributed by atoms with E-state index in [1.54, 1.807) is 0 Å². The van der Waals surface area contributed by atoms with Crippen molar-refractivity contribution in [1.29, 1.82) is 0 Å². The fourth-order valence-electron chi connectivity index (χ4n) is 4.64. The molecule has 0 unspecified atom stereocenters. The summed E-state index contributed by atoms with van der Waals surface area (Å²) in [5.41, 5.74) is 1.92. The van der Waals surface area contributed by atoms with E-state index in [0.717, 1.165) is 21.4 Å². The Morgan fingerprint density at radius 1 is 0.763 bits per heavy atom. The Morgan fingerprint density at radius 3 is 1.89 bits per heavy atom. The molecule has 0 aliphatic heterocycles. The van der Waals surface area contributed by atoms with Gasteiger partial charge in [-0.15, -0.1) is 0 Å². The van der Waals surface area contributed by atoms with Crippen LogP contribution in [0.25, 0.3) is 26.8 Å². The maximum Gasteiger partial charge on any atom is 0.294 e. The molecule has 0 saturated carbocycles. The van der Waals surface area contributed by atoms with Crippen molar-refractivity contribution in [1.82, 2.24) is 14.6 Å². The second-order valence-electron chi connectivity index (χ2n) is 8.74. The van der Waals surface area contributed by atoms with Gasteiger partial charge in [-0.25, -0.2) is 4.98 Å². The summed E-state index contributed by atoms with van der Waals surface area (Å²) in [4.78, 5) is 18.8. The molecule has 0 bridgehead atoms. The van der Waals surface area contributed by atoms with Gasteiger partial charge < -0.3 is 17.0 Å². The monoisotopic (exact) mass is 617 g/mol. The van der Waals surface area contributed by atoms with Crippen LogP contribution in [0.4, 0.5) is 0 Å². The molecule has 0 aliphatic rings. The first-order valence-electron chi connectivity index (χ1n) is 11.8. The lowest BCUT2D eigenvalue weighted by Crippen LogP contribution is -3.00. The molecule has 2 aromatic heterocycles. The normalized spacial score (nSPS) is 11.3. The van der Waals surface area contributed by atoms with E-state index in [0.29, 0.717) is 10.7 Å². The molecule has 0 saturated heterocycles. The number of halogens is 2. The van der Waals surface area contributed by atoms with Crippen molar-refractivity contribution in [3.63, 3.8) is 0 Å². The minimum absolute atomic E-state index is 0. The van der Waals surface area contributed by atoms with E-state index in [-0.39, 0.29) is 27.6 Å². The number of hydrogen-bond acceptors (Lipinski definition) is 4. The standard InChI is InChI=1S/C30H22ClN3OPS.BrH/c1-36(22-15-7-3-8-16-22,23-17-9-4-10-18-23)25-20-12-11-19-24(25)27-26(31)29(35)34-30(32-27)37-28(33-34)21-13-5-2-6-14-21;/h2-20H,1H3;1H/q+1;/p-1. The molecule has 38 heavy (non-hydrogen) atoms. The minimum Gasteiger partial charge on any atom is -1.00 e. The van der Waals surface area contributed by atoms with Crippen molar-refractivity contribution in [2.75, 3.05) is 6.66 Å². The lowest BCUT2D eigenvalue weighted by molar-refractivity contribution is -0.00000713. The molecule has 0 N–H and O–H groups in total.